The molecule has 2 heterocycles. The van der Waals surface area contributed by atoms with Gasteiger partial charge >= 0.3 is 0 Å². The Labute approximate surface area is 144 Å². The third kappa shape index (κ3) is 2.57. The highest BCUT2D eigenvalue weighted by Gasteiger charge is 2.28. The summed E-state index contributed by atoms with van der Waals surface area (Å²) in [5.74, 6) is 1.29. The lowest BCUT2D eigenvalue weighted by Crippen LogP contribution is -2.23. The van der Waals surface area contributed by atoms with E-state index in [4.69, 9.17) is 18.6 Å². The lowest BCUT2D eigenvalue weighted by molar-refractivity contribution is 0.0678. The molecular formula is C20H18O5. The highest BCUT2D eigenvalue weighted by atomic mass is 16.5. The van der Waals surface area contributed by atoms with Crippen LogP contribution in [0.5, 0.6) is 11.5 Å². The Morgan fingerprint density at radius 2 is 1.80 bits per heavy atom. The topological polar surface area (TPSA) is 57.9 Å². The van der Waals surface area contributed by atoms with E-state index in [0.717, 1.165) is 17.5 Å². The highest BCUT2D eigenvalue weighted by Crippen LogP contribution is 2.39. The molecule has 1 aliphatic rings. The molecule has 0 fully saturated rings. The second-order valence-electron chi connectivity index (χ2n) is 5.92. The van der Waals surface area contributed by atoms with Gasteiger partial charge in [0.2, 0.25) is 0 Å². The van der Waals surface area contributed by atoms with Crippen molar-refractivity contribution in [3.05, 3.63) is 69.6 Å². The normalized spacial score (nSPS) is 16.5. The molecule has 5 nitrogen and oxygen atoms in total. The number of hydrogen-bond acceptors (Lipinski definition) is 5. The molecule has 25 heavy (non-hydrogen) atoms. The van der Waals surface area contributed by atoms with Crippen molar-refractivity contribution in [2.75, 3.05) is 20.8 Å². The second kappa shape index (κ2) is 6.26. The van der Waals surface area contributed by atoms with Crippen molar-refractivity contribution < 1.29 is 18.6 Å². The van der Waals surface area contributed by atoms with Crippen molar-refractivity contribution in [3.63, 3.8) is 0 Å². The van der Waals surface area contributed by atoms with Crippen LogP contribution in [-0.4, -0.2) is 20.8 Å². The molecule has 0 spiro atoms. The average Bonchev–Trinajstić information content (AvgIpc) is 2.67. The first kappa shape index (κ1) is 15.7. The van der Waals surface area contributed by atoms with Crippen LogP contribution >= 0.6 is 0 Å². The maximum Gasteiger partial charge on any atom is 0.198 e. The van der Waals surface area contributed by atoms with E-state index in [1.807, 2.05) is 24.3 Å². The van der Waals surface area contributed by atoms with Gasteiger partial charge in [0.05, 0.1) is 31.8 Å². The smallest absolute Gasteiger partial charge is 0.198 e. The van der Waals surface area contributed by atoms with Gasteiger partial charge in [-0.3, -0.25) is 4.79 Å². The summed E-state index contributed by atoms with van der Waals surface area (Å²) >= 11 is 0. The zero-order chi connectivity index (χ0) is 17.4. The molecule has 0 bridgehead atoms. The van der Waals surface area contributed by atoms with Crippen LogP contribution < -0.4 is 14.9 Å². The van der Waals surface area contributed by atoms with Gasteiger partial charge in [0.1, 0.15) is 18.0 Å². The molecule has 1 aliphatic heterocycles. The largest absolute Gasteiger partial charge is 0.493 e. The molecule has 2 aromatic carbocycles. The Balaban J connectivity index is 1.89. The van der Waals surface area contributed by atoms with Gasteiger partial charge in [0.25, 0.3) is 0 Å². The Bertz CT molecular complexity index is 989. The summed E-state index contributed by atoms with van der Waals surface area (Å²) in [6.07, 6.45) is 1.77. The van der Waals surface area contributed by atoms with Crippen LogP contribution in [0.1, 0.15) is 22.8 Å². The van der Waals surface area contributed by atoms with Gasteiger partial charge in [-0.05, 0) is 41.8 Å². The summed E-state index contributed by atoms with van der Waals surface area (Å²) in [6.45, 7) is 0.527. The minimum atomic E-state index is -0.482. The molecular weight excluding hydrogens is 320 g/mol. The molecule has 0 amide bonds. The summed E-state index contributed by atoms with van der Waals surface area (Å²) < 4.78 is 22.4. The second-order valence-corrected chi connectivity index (χ2v) is 5.92. The van der Waals surface area contributed by atoms with Crippen molar-refractivity contribution in [1.82, 2.24) is 0 Å². The molecule has 1 atom stereocenters. The Hall–Kier alpha value is -2.79. The standard InChI is InChI=1S/C20H18O5/c1-22-17-9-12-7-8-24-20(14(12)10-18(17)23-2)15-11-25-16-6-4-3-5-13(16)19(15)21/h3-6,9-11,20H,7-8H2,1-2H3/t20-/m1/s1. The van der Waals surface area contributed by atoms with Crippen LogP contribution in [0.3, 0.4) is 0 Å². The van der Waals surface area contributed by atoms with Gasteiger partial charge in [-0.1, -0.05) is 12.1 Å². The van der Waals surface area contributed by atoms with Crippen LogP contribution in [0.15, 0.2) is 51.9 Å². The van der Waals surface area contributed by atoms with Crippen molar-refractivity contribution in [3.8, 4) is 11.5 Å². The maximum absolute atomic E-state index is 12.9. The average molecular weight is 338 g/mol. The molecule has 3 aromatic rings. The fourth-order valence-electron chi connectivity index (χ4n) is 3.31. The lowest BCUT2D eigenvalue weighted by atomic mass is 9.92. The van der Waals surface area contributed by atoms with Crippen LogP contribution in [-0.2, 0) is 11.2 Å². The highest BCUT2D eigenvalue weighted by molar-refractivity contribution is 5.76. The third-order valence-electron chi connectivity index (χ3n) is 4.57. The monoisotopic (exact) mass is 338 g/mol. The minimum Gasteiger partial charge on any atom is -0.493 e. The fourth-order valence-corrected chi connectivity index (χ4v) is 3.31. The quantitative estimate of drug-likeness (QED) is 0.732. The Morgan fingerprint density at radius 3 is 2.60 bits per heavy atom. The fraction of sp³-hybridized carbons (Fsp3) is 0.250. The van der Waals surface area contributed by atoms with Crippen molar-refractivity contribution in [1.29, 1.82) is 0 Å². The predicted molar refractivity (Wildman–Crippen MR) is 93.5 cm³/mol. The number of benzene rings is 2. The van der Waals surface area contributed by atoms with Gasteiger partial charge < -0.3 is 18.6 Å². The first-order valence-corrected chi connectivity index (χ1v) is 8.09. The van der Waals surface area contributed by atoms with E-state index in [1.165, 1.54) is 6.26 Å². The van der Waals surface area contributed by atoms with Crippen molar-refractivity contribution >= 4 is 11.0 Å². The molecule has 4 rings (SSSR count). The summed E-state index contributed by atoms with van der Waals surface area (Å²) in [7, 11) is 3.20. The van der Waals surface area contributed by atoms with Gasteiger partial charge in [-0.15, -0.1) is 0 Å². The molecule has 0 saturated heterocycles. The van der Waals surface area contributed by atoms with E-state index < -0.39 is 6.10 Å². The van der Waals surface area contributed by atoms with Crippen molar-refractivity contribution in [2.24, 2.45) is 0 Å². The lowest BCUT2D eigenvalue weighted by Gasteiger charge is -2.27. The first-order chi connectivity index (χ1) is 12.2. The number of methoxy groups -OCH3 is 2. The molecule has 0 aliphatic carbocycles. The molecule has 0 unspecified atom stereocenters. The number of fused-ring (bicyclic) bond motifs is 2. The van der Waals surface area contributed by atoms with Crippen LogP contribution in [0.25, 0.3) is 11.0 Å². The number of para-hydroxylation sites is 1. The number of ether oxygens (including phenoxy) is 3. The van der Waals surface area contributed by atoms with Crippen LogP contribution in [0.4, 0.5) is 0 Å². The minimum absolute atomic E-state index is 0.0746. The van der Waals surface area contributed by atoms with Crippen molar-refractivity contribution in [2.45, 2.75) is 12.5 Å². The molecule has 1 aromatic heterocycles. The molecule has 0 saturated carbocycles. The summed E-state index contributed by atoms with van der Waals surface area (Å²) in [5.41, 5.74) is 2.98. The van der Waals surface area contributed by atoms with E-state index >= 15 is 0 Å². The summed E-state index contributed by atoms with van der Waals surface area (Å²) in [6, 6.07) is 11.0. The van der Waals surface area contributed by atoms with Gasteiger partial charge in [-0.25, -0.2) is 0 Å². The summed E-state index contributed by atoms with van der Waals surface area (Å²) in [5, 5.41) is 0.552. The van der Waals surface area contributed by atoms with Gasteiger partial charge in [0.15, 0.2) is 16.9 Å². The van der Waals surface area contributed by atoms with E-state index in [9.17, 15) is 4.79 Å². The predicted octanol–water partition coefficient (Wildman–Crippen LogP) is 3.47. The molecule has 5 heteroatoms. The SMILES string of the molecule is COc1cc2c(cc1OC)[C@H](c1coc3ccccc3c1=O)OCC2. The molecule has 128 valence electrons. The van der Waals surface area contributed by atoms with Gasteiger partial charge in [-0.2, -0.15) is 0 Å². The van der Waals surface area contributed by atoms with Crippen LogP contribution in [0.2, 0.25) is 0 Å². The first-order valence-electron chi connectivity index (χ1n) is 8.09. The van der Waals surface area contributed by atoms with E-state index in [-0.39, 0.29) is 5.43 Å². The number of rotatable bonds is 3. The zero-order valence-corrected chi connectivity index (χ0v) is 14.1. The molecule has 0 radical (unpaired) electrons. The van der Waals surface area contributed by atoms with Gasteiger partial charge in [0, 0.05) is 0 Å². The number of hydrogen-bond donors (Lipinski definition) is 0. The van der Waals surface area contributed by atoms with E-state index in [1.54, 1.807) is 26.4 Å². The zero-order valence-electron chi connectivity index (χ0n) is 14.1. The molecule has 0 N–H and O–H groups in total. The van der Waals surface area contributed by atoms with E-state index in [2.05, 4.69) is 0 Å². The maximum atomic E-state index is 12.9. The summed E-state index contributed by atoms with van der Waals surface area (Å²) in [4.78, 5) is 12.9. The van der Waals surface area contributed by atoms with E-state index in [0.29, 0.717) is 34.6 Å². The third-order valence-corrected chi connectivity index (χ3v) is 4.57. The Kier molecular flexibility index (Phi) is 3.93. The van der Waals surface area contributed by atoms with Crippen LogP contribution in [0, 0.1) is 0 Å². The Morgan fingerprint density at radius 1 is 1.04 bits per heavy atom.